The maximum absolute atomic E-state index is 11.5. The Labute approximate surface area is 841 Å². The summed E-state index contributed by atoms with van der Waals surface area (Å²) in [5.74, 6) is -13.3. The minimum Gasteiger partial charge on any atom is -0.465 e. The van der Waals surface area contributed by atoms with Crippen molar-refractivity contribution in [3.8, 4) is 0 Å². The van der Waals surface area contributed by atoms with Crippen LogP contribution in [0.2, 0.25) is 0 Å². The summed E-state index contributed by atoms with van der Waals surface area (Å²) in [5, 5.41) is 20.8. The van der Waals surface area contributed by atoms with Crippen LogP contribution in [-0.4, -0.2) is 332 Å². The molecule has 0 bridgehead atoms. The van der Waals surface area contributed by atoms with Gasteiger partial charge in [0, 0.05) is 72.0 Å². The molecule has 0 radical (unpaired) electrons. The second kappa shape index (κ2) is 67.0. The molecule has 0 aromatic carbocycles. The SMILES string of the molecule is C=C(C)C(=O)NCC(=O)OC1(C)CCOC(=O)C1.C=C(C)C(=O)NCC(=O)OC1(C)CCOC(=O)C1.C=C(C)C(=O)NCC(=O)OC1CCOC1=O.C=C(C)C(=O)NCC(=O)OC1CCOC1=O.C=C(C)C(=O)NCC(=O)OC1COC(=O)C1.C=C(C)C(=O)NCC(=O)OC1COC(=O)C1.C=CC(=O)NCC(=O)OC1(C)CCOC(=O)C1.C=CC(=O)NCC(=O)OC1CCOC1=O.C=CC(=O)NCC(=O)OC1COC(=O)C1. The number of carbonyl (C=O) groups excluding carboxylic acids is 27. The Morgan fingerprint density at radius 3 is 0.633 bits per heavy atom. The number of cyclic esters (lactones) is 9. The van der Waals surface area contributed by atoms with Gasteiger partial charge < -0.3 is 133 Å². The summed E-state index contributed by atoms with van der Waals surface area (Å²) in [6, 6.07) is 0. The summed E-state index contributed by atoms with van der Waals surface area (Å²) >= 11 is 0. The van der Waals surface area contributed by atoms with E-state index in [1.165, 1.54) is 27.7 Å². The molecule has 0 saturated carbocycles. The highest BCUT2D eigenvalue weighted by Crippen LogP contribution is 2.28. The second-order valence-corrected chi connectivity index (χ2v) is 32.6. The first-order chi connectivity index (χ1) is 68.8. The van der Waals surface area contributed by atoms with Crippen molar-refractivity contribution in [2.45, 2.75) is 193 Å². The number of rotatable bonds is 36. The van der Waals surface area contributed by atoms with Gasteiger partial charge in [-0.3, -0.25) is 115 Å². The molecule has 9 heterocycles. The molecule has 810 valence electrons. The molecule has 0 aliphatic carbocycles. The molecular formula is C93H123N9O45. The van der Waals surface area contributed by atoms with E-state index >= 15 is 0 Å². The van der Waals surface area contributed by atoms with Crippen LogP contribution in [0.3, 0.4) is 0 Å². The first-order valence-corrected chi connectivity index (χ1v) is 44.4. The standard InChI is InChI=1S/2C12H17NO5.C11H15NO5.4C10H13NO5.2C9H11NO5/c2*1-8(2)11(16)13-7-10(15)18-12(3)4-5-17-9(14)6-12;1-3-8(13)12-7-10(15)17-11(2)4-5-16-9(14)6-11;2*1-6(2)10(14)11-4-9(13)16-7-3-8(12)15-5-7;2*1-6(2)9(13)11-5-8(12)16-7-3-4-15-10(7)14;1-2-7(11)10-4-9(13)15-6-3-8(12)14-5-6;1-2-7(11)10-5-8(12)15-6-3-4-14-9(6)13/h2*1,4-7H2,2-3H3,(H,13,16);3H,1,4-7H2,2H3,(H,12,13);2*7H,1,3-5H2,2H3,(H,11,14);2*7H,1,3-5H2,2H3,(H,11,13);2*2,6H,1,3-5H2,(H,10,11). The van der Waals surface area contributed by atoms with Gasteiger partial charge in [0.1, 0.15) is 114 Å². The Hall–Kier alpha value is -16.6. The van der Waals surface area contributed by atoms with E-state index in [4.69, 9.17) is 56.8 Å². The van der Waals surface area contributed by atoms with E-state index in [2.05, 4.69) is 135 Å². The van der Waals surface area contributed by atoms with Gasteiger partial charge >= 0.3 is 107 Å². The third kappa shape index (κ3) is 57.9. The molecule has 147 heavy (non-hydrogen) atoms. The zero-order chi connectivity index (χ0) is 111. The van der Waals surface area contributed by atoms with Gasteiger partial charge in [-0.25, -0.2) is 14.4 Å². The zero-order valence-electron chi connectivity index (χ0n) is 82.6. The zero-order valence-corrected chi connectivity index (χ0v) is 82.6. The summed E-state index contributed by atoms with van der Waals surface area (Å²) in [7, 11) is 0. The molecule has 0 aromatic rings. The fourth-order valence-corrected chi connectivity index (χ4v) is 10.9. The van der Waals surface area contributed by atoms with E-state index in [0.717, 1.165) is 18.2 Å². The number of hydrogen-bond donors (Lipinski definition) is 9. The van der Waals surface area contributed by atoms with Crippen LogP contribution in [0.5, 0.6) is 0 Å². The Balaban J connectivity index is 0.000000827. The Kier molecular flexibility index (Phi) is 58.5. The number of hydrogen-bond acceptors (Lipinski definition) is 45. The number of ether oxygens (including phenoxy) is 18. The maximum atomic E-state index is 11.5. The molecule has 9 atom stereocenters. The molecule has 0 spiro atoms. The summed E-state index contributed by atoms with van der Waals surface area (Å²) in [5.41, 5.74) is -0.683. The summed E-state index contributed by atoms with van der Waals surface area (Å²) in [6.07, 6.45) is 1.79. The van der Waals surface area contributed by atoms with Gasteiger partial charge in [-0.05, 0) is 80.5 Å². The van der Waals surface area contributed by atoms with Crippen LogP contribution in [0.1, 0.15) is 139 Å². The Bertz CT molecular complexity index is 4770. The third-order valence-electron chi connectivity index (χ3n) is 18.6. The van der Waals surface area contributed by atoms with Crippen LogP contribution in [-0.2, 0) is 215 Å². The molecule has 9 aliphatic heterocycles. The van der Waals surface area contributed by atoms with Gasteiger partial charge in [0.05, 0.1) is 78.2 Å². The van der Waals surface area contributed by atoms with Gasteiger partial charge in [-0.15, -0.1) is 0 Å². The highest BCUT2D eigenvalue weighted by Gasteiger charge is 2.41. The molecule has 0 aromatic heterocycles. The fraction of sp³-hybridized carbons (Fsp3) is 0.516. The van der Waals surface area contributed by atoms with Gasteiger partial charge in [-0.1, -0.05) is 59.2 Å². The highest BCUT2D eigenvalue weighted by atomic mass is 16.7. The van der Waals surface area contributed by atoms with E-state index < -0.39 is 178 Å². The molecule has 9 N–H and O–H groups in total. The first-order valence-electron chi connectivity index (χ1n) is 44.4. The van der Waals surface area contributed by atoms with Gasteiger partial charge in [0.15, 0.2) is 0 Å². The maximum Gasteiger partial charge on any atom is 0.347 e. The lowest BCUT2D eigenvalue weighted by Crippen LogP contribution is -2.42. The summed E-state index contributed by atoms with van der Waals surface area (Å²) in [6.45, 7) is 43.9. The minimum absolute atomic E-state index is 0.0349. The molecule has 9 amide bonds. The van der Waals surface area contributed by atoms with E-state index in [1.807, 2.05) is 0 Å². The largest absolute Gasteiger partial charge is 0.465 e. The van der Waals surface area contributed by atoms with Crippen LogP contribution < -0.4 is 47.9 Å². The number of amides is 9. The quantitative estimate of drug-likeness (QED) is 0.0172. The van der Waals surface area contributed by atoms with Crippen LogP contribution in [0.4, 0.5) is 0 Å². The van der Waals surface area contributed by atoms with E-state index in [1.54, 1.807) is 34.6 Å². The van der Waals surface area contributed by atoms with E-state index in [9.17, 15) is 129 Å². The average molecular weight is 2090 g/mol. The number of carbonyl (C=O) groups is 27. The number of esters is 18. The molecule has 54 nitrogen and oxygen atoms in total. The molecule has 9 rings (SSSR count). The van der Waals surface area contributed by atoms with Gasteiger partial charge in [0.2, 0.25) is 71.5 Å². The second-order valence-electron chi connectivity index (χ2n) is 32.6. The normalized spacial score (nSPS) is 20.4. The molecular weight excluding hydrogens is 1960 g/mol. The lowest BCUT2D eigenvalue weighted by molar-refractivity contribution is -0.176. The van der Waals surface area contributed by atoms with E-state index in [0.29, 0.717) is 72.0 Å². The van der Waals surface area contributed by atoms with Crippen molar-refractivity contribution in [2.75, 3.05) is 118 Å². The predicted octanol–water partition coefficient (Wildman–Crippen LogP) is -2.99. The van der Waals surface area contributed by atoms with Crippen molar-refractivity contribution >= 4 is 161 Å². The predicted molar refractivity (Wildman–Crippen MR) is 493 cm³/mol. The lowest BCUT2D eigenvalue weighted by atomic mass is 9.96. The summed E-state index contributed by atoms with van der Waals surface area (Å²) in [4.78, 5) is 298. The van der Waals surface area contributed by atoms with Gasteiger partial charge in [-0.2, -0.15) is 0 Å². The minimum atomic E-state index is -0.847. The first kappa shape index (κ1) is 128. The van der Waals surface area contributed by atoms with Crippen LogP contribution in [0, 0.1) is 0 Å². The van der Waals surface area contributed by atoms with Crippen molar-refractivity contribution in [3.63, 3.8) is 0 Å². The van der Waals surface area contributed by atoms with Crippen LogP contribution >= 0.6 is 0 Å². The smallest absolute Gasteiger partial charge is 0.347 e. The van der Waals surface area contributed by atoms with Crippen molar-refractivity contribution < 1.29 is 215 Å². The van der Waals surface area contributed by atoms with Crippen LogP contribution in [0.15, 0.2) is 111 Å². The van der Waals surface area contributed by atoms with Crippen molar-refractivity contribution in [1.82, 2.24) is 47.9 Å². The molecule has 9 aliphatic rings. The van der Waals surface area contributed by atoms with Crippen LogP contribution in [0.25, 0.3) is 0 Å². The monoisotopic (exact) mass is 2090 g/mol. The number of nitrogens with one attached hydrogen (secondary N) is 9. The molecule has 54 heteroatoms. The van der Waals surface area contributed by atoms with Crippen molar-refractivity contribution in [2.24, 2.45) is 0 Å². The third-order valence-corrected chi connectivity index (χ3v) is 18.6. The highest BCUT2D eigenvalue weighted by molar-refractivity contribution is 5.99. The fourth-order valence-electron chi connectivity index (χ4n) is 10.9. The molecule has 9 saturated heterocycles. The molecule has 9 unspecified atom stereocenters. The Morgan fingerprint density at radius 2 is 0.463 bits per heavy atom. The summed E-state index contributed by atoms with van der Waals surface area (Å²) < 4.78 is 86.4. The lowest BCUT2D eigenvalue weighted by Gasteiger charge is -2.32. The topological polar surface area (TPSA) is 735 Å². The molecule has 9 fully saturated rings. The van der Waals surface area contributed by atoms with E-state index in [-0.39, 0.29) is 193 Å². The average Bonchev–Trinajstić information content (AvgIpc) is 1.52. The van der Waals surface area contributed by atoms with Crippen molar-refractivity contribution in [1.29, 1.82) is 0 Å². The van der Waals surface area contributed by atoms with Gasteiger partial charge in [0.25, 0.3) is 0 Å². The Morgan fingerprint density at radius 1 is 0.272 bits per heavy atom. The van der Waals surface area contributed by atoms with Crippen molar-refractivity contribution in [3.05, 3.63) is 111 Å².